The van der Waals surface area contributed by atoms with Crippen LogP contribution >= 0.6 is 0 Å². The second-order valence-electron chi connectivity index (χ2n) is 8.50. The number of hydrogen-bond donors (Lipinski definition) is 1. The minimum Gasteiger partial charge on any atom is -0.360 e. The van der Waals surface area contributed by atoms with Gasteiger partial charge in [0.15, 0.2) is 5.60 Å². The molecule has 1 saturated heterocycles. The van der Waals surface area contributed by atoms with Crippen LogP contribution in [0, 0.1) is 0 Å². The van der Waals surface area contributed by atoms with Gasteiger partial charge in [-0.3, -0.25) is 4.79 Å². The van der Waals surface area contributed by atoms with E-state index in [1.807, 2.05) is 18.2 Å². The molecule has 0 unspecified atom stereocenters. The Bertz CT molecular complexity index is 619. The molecule has 3 nitrogen and oxygen atoms in total. The maximum absolute atomic E-state index is 12.8. The topological polar surface area (TPSA) is 38.3 Å². The molecule has 2 atom stereocenters. The van der Waals surface area contributed by atoms with Crippen molar-refractivity contribution in [2.45, 2.75) is 75.7 Å². The van der Waals surface area contributed by atoms with Crippen LogP contribution in [0.25, 0.3) is 0 Å². The van der Waals surface area contributed by atoms with Gasteiger partial charge in [0.25, 0.3) is 5.91 Å². The Morgan fingerprint density at radius 3 is 2.25 bits per heavy atom. The quantitative estimate of drug-likeness (QED) is 0.752. The van der Waals surface area contributed by atoms with E-state index in [0.29, 0.717) is 22.2 Å². The van der Waals surface area contributed by atoms with E-state index in [4.69, 9.17) is 4.74 Å². The maximum atomic E-state index is 12.8. The minimum absolute atomic E-state index is 0.0327. The molecule has 2 aliphatic rings. The van der Waals surface area contributed by atoms with Crippen molar-refractivity contribution in [2.75, 3.05) is 11.9 Å². The number of rotatable bonds is 4. The minimum atomic E-state index is -1.64. The molecule has 1 aromatic rings. The number of ether oxygens (including phenoxy) is 1. The fourth-order valence-electron chi connectivity index (χ4n) is 6.08. The average molecular weight is 346 g/mol. The van der Waals surface area contributed by atoms with Crippen molar-refractivity contribution in [1.82, 2.24) is 0 Å². The van der Waals surface area contributed by atoms with Gasteiger partial charge in [-0.25, -0.2) is 0 Å². The van der Waals surface area contributed by atoms with Gasteiger partial charge in [-0.1, -0.05) is 76.4 Å². The van der Waals surface area contributed by atoms with Gasteiger partial charge in [0.1, 0.15) is 0 Å². The van der Waals surface area contributed by atoms with E-state index in [1.54, 1.807) is 0 Å². The van der Waals surface area contributed by atoms with Crippen LogP contribution < -0.4 is 5.32 Å². The van der Waals surface area contributed by atoms with E-state index < -0.39 is 13.7 Å². The zero-order valence-corrected chi connectivity index (χ0v) is 16.8. The van der Waals surface area contributed by atoms with Crippen LogP contribution in [0.3, 0.4) is 0 Å². The van der Waals surface area contributed by atoms with E-state index in [9.17, 15) is 4.79 Å². The Kier molecular flexibility index (Phi) is 4.41. The Balaban J connectivity index is 2.02. The average Bonchev–Trinajstić information content (AvgIpc) is 3.04. The molecule has 1 fully saturated rings. The summed E-state index contributed by atoms with van der Waals surface area (Å²) in [5, 5.41) is 3.04. The second kappa shape index (κ2) is 5.99. The van der Waals surface area contributed by atoms with Crippen molar-refractivity contribution in [2.24, 2.45) is 0 Å². The Hall–Kier alpha value is -1.13. The summed E-state index contributed by atoms with van der Waals surface area (Å²) in [6.07, 6.45) is 0.844. The van der Waals surface area contributed by atoms with Crippen molar-refractivity contribution >= 4 is 19.7 Å². The lowest BCUT2D eigenvalue weighted by Gasteiger charge is -2.47. The molecule has 2 heterocycles. The van der Waals surface area contributed by atoms with Gasteiger partial charge < -0.3 is 10.1 Å². The second-order valence-corrected chi connectivity index (χ2v) is 14.8. The fraction of sp³-hybridized carbons (Fsp3) is 0.650. The highest BCUT2D eigenvalue weighted by molar-refractivity contribution is 6.85. The number of fused-ring (bicyclic) bond motifs is 2. The van der Waals surface area contributed by atoms with Crippen molar-refractivity contribution in [1.29, 1.82) is 0 Å². The number of amides is 1. The molecule has 2 aliphatic heterocycles. The number of nitrogens with one attached hydrogen (secondary N) is 1. The number of hydrogen-bond acceptors (Lipinski definition) is 2. The number of anilines is 1. The van der Waals surface area contributed by atoms with Crippen LogP contribution in [0.1, 0.15) is 53.5 Å². The van der Waals surface area contributed by atoms with E-state index in [-0.39, 0.29) is 5.91 Å². The SMILES string of the molecule is CC(C)[Si](C(C)C)(C(C)C)[C@H]1CO[C@]2(C1)C(=O)Nc1ccccc12. The van der Waals surface area contributed by atoms with Crippen LogP contribution in [0.2, 0.25) is 22.2 Å². The summed E-state index contributed by atoms with van der Waals surface area (Å²) in [7, 11) is -1.64. The fourth-order valence-corrected chi connectivity index (χ4v) is 13.9. The predicted molar refractivity (Wildman–Crippen MR) is 102 cm³/mol. The van der Waals surface area contributed by atoms with Gasteiger partial charge in [-0.05, 0) is 18.0 Å². The molecule has 0 saturated carbocycles. The summed E-state index contributed by atoms with van der Waals surface area (Å²) in [6.45, 7) is 15.1. The summed E-state index contributed by atoms with van der Waals surface area (Å²) >= 11 is 0. The van der Waals surface area contributed by atoms with Crippen LogP contribution in [0.5, 0.6) is 0 Å². The van der Waals surface area contributed by atoms with Crippen LogP contribution in [0.15, 0.2) is 24.3 Å². The maximum Gasteiger partial charge on any atom is 0.261 e. The third kappa shape index (κ3) is 2.22. The molecule has 0 aliphatic carbocycles. The summed E-state index contributed by atoms with van der Waals surface area (Å²) in [6, 6.07) is 8.02. The highest BCUT2D eigenvalue weighted by Crippen LogP contribution is 2.58. The number of carbonyl (C=O) groups is 1. The molecule has 3 rings (SSSR count). The molecule has 0 aromatic heterocycles. The van der Waals surface area contributed by atoms with Crippen LogP contribution in [-0.4, -0.2) is 20.6 Å². The molecule has 1 spiro atoms. The van der Waals surface area contributed by atoms with Crippen molar-refractivity contribution in [3.05, 3.63) is 29.8 Å². The van der Waals surface area contributed by atoms with E-state index in [1.165, 1.54) is 0 Å². The highest BCUT2D eigenvalue weighted by atomic mass is 28.3. The zero-order chi connectivity index (χ0) is 17.7. The monoisotopic (exact) mass is 345 g/mol. The molecule has 1 amide bonds. The largest absolute Gasteiger partial charge is 0.360 e. The van der Waals surface area contributed by atoms with E-state index in [2.05, 4.69) is 52.9 Å². The number of para-hydroxylation sites is 1. The lowest BCUT2D eigenvalue weighted by Crippen LogP contribution is -2.49. The normalized spacial score (nSPS) is 26.7. The first kappa shape index (κ1) is 17.7. The number of carbonyl (C=O) groups excluding carboxylic acids is 1. The molecule has 1 N–H and O–H groups in total. The highest BCUT2D eigenvalue weighted by Gasteiger charge is 2.60. The van der Waals surface area contributed by atoms with Crippen LogP contribution in [-0.2, 0) is 15.1 Å². The van der Waals surface area contributed by atoms with Crippen LogP contribution in [0.4, 0.5) is 5.69 Å². The summed E-state index contributed by atoms with van der Waals surface area (Å²) in [5.74, 6) is 0.0327. The van der Waals surface area contributed by atoms with E-state index >= 15 is 0 Å². The number of benzene rings is 1. The summed E-state index contributed by atoms with van der Waals surface area (Å²) in [4.78, 5) is 12.8. The molecule has 0 bridgehead atoms. The Morgan fingerprint density at radius 2 is 1.67 bits per heavy atom. The predicted octanol–water partition coefficient (Wildman–Crippen LogP) is 5.30. The van der Waals surface area contributed by atoms with Gasteiger partial charge >= 0.3 is 0 Å². The van der Waals surface area contributed by atoms with Gasteiger partial charge in [-0.15, -0.1) is 0 Å². The van der Waals surface area contributed by atoms with Gasteiger partial charge in [-0.2, -0.15) is 0 Å². The first-order valence-electron chi connectivity index (χ1n) is 9.31. The molecule has 24 heavy (non-hydrogen) atoms. The van der Waals surface area contributed by atoms with Gasteiger partial charge in [0.2, 0.25) is 0 Å². The lowest BCUT2D eigenvalue weighted by atomic mass is 9.92. The van der Waals surface area contributed by atoms with Gasteiger partial charge in [0, 0.05) is 17.9 Å². The smallest absolute Gasteiger partial charge is 0.261 e. The van der Waals surface area contributed by atoms with Gasteiger partial charge in [0.05, 0.1) is 8.07 Å². The van der Waals surface area contributed by atoms with Crippen molar-refractivity contribution in [3.63, 3.8) is 0 Å². The third-order valence-corrected chi connectivity index (χ3v) is 14.5. The summed E-state index contributed by atoms with van der Waals surface area (Å²) in [5.41, 5.74) is 3.78. The lowest BCUT2D eigenvalue weighted by molar-refractivity contribution is -0.135. The Labute approximate surface area is 147 Å². The van der Waals surface area contributed by atoms with Crippen molar-refractivity contribution in [3.8, 4) is 0 Å². The summed E-state index contributed by atoms with van der Waals surface area (Å²) < 4.78 is 6.33. The first-order chi connectivity index (χ1) is 11.3. The first-order valence-corrected chi connectivity index (χ1v) is 11.6. The van der Waals surface area contributed by atoms with Crippen molar-refractivity contribution < 1.29 is 9.53 Å². The molecule has 132 valence electrons. The third-order valence-electron chi connectivity index (χ3n) is 6.75. The van der Waals surface area contributed by atoms with E-state index in [0.717, 1.165) is 24.3 Å². The molecular weight excluding hydrogens is 314 g/mol. The zero-order valence-electron chi connectivity index (χ0n) is 15.8. The Morgan fingerprint density at radius 1 is 1.08 bits per heavy atom. The molecule has 4 heteroatoms. The molecular formula is C20H31NO2Si. The standard InChI is InChI=1S/C20H31NO2Si/c1-13(2)24(14(3)4,15(5)6)16-11-20(23-12-16)17-9-7-8-10-18(17)21-19(20)22/h7-10,13-16H,11-12H2,1-6H3,(H,21,22)/t16-,20+/m1/s1. The molecule has 1 aromatic carbocycles. The molecule has 0 radical (unpaired) electrons.